The molecule has 18 heavy (non-hydrogen) atoms. The van der Waals surface area contributed by atoms with Crippen LogP contribution in [0, 0.1) is 5.92 Å². The highest BCUT2D eigenvalue weighted by Crippen LogP contribution is 2.23. The summed E-state index contributed by atoms with van der Waals surface area (Å²) in [4.78, 5) is 1.49. The van der Waals surface area contributed by atoms with E-state index >= 15 is 0 Å². The molecule has 1 aromatic carbocycles. The standard InChI is InChI=1S/C13H19ClO2S2/c1-11(7-9-14)8-10-17-12-3-5-13(6-4-12)18(2,15)16/h3-6,11H,7-10H2,1-2H3. The SMILES string of the molecule is CC(CCCl)CCSc1ccc(S(C)(=O)=O)cc1. The molecule has 0 heterocycles. The topological polar surface area (TPSA) is 34.1 Å². The summed E-state index contributed by atoms with van der Waals surface area (Å²) in [6, 6.07) is 7.07. The number of thioether (sulfide) groups is 1. The van der Waals surface area contributed by atoms with E-state index in [1.807, 2.05) is 12.1 Å². The molecule has 0 aliphatic carbocycles. The number of hydrogen-bond acceptors (Lipinski definition) is 3. The lowest BCUT2D eigenvalue weighted by molar-refractivity contribution is 0.552. The van der Waals surface area contributed by atoms with Crippen LogP contribution in [0.3, 0.4) is 0 Å². The molecule has 5 heteroatoms. The molecule has 2 nitrogen and oxygen atoms in total. The summed E-state index contributed by atoms with van der Waals surface area (Å²) in [5, 5.41) is 0. The van der Waals surface area contributed by atoms with Gasteiger partial charge in [-0.2, -0.15) is 0 Å². The third-order valence-electron chi connectivity index (χ3n) is 2.73. The molecule has 0 fully saturated rings. The molecule has 1 aromatic rings. The second-order valence-electron chi connectivity index (χ2n) is 4.46. The van der Waals surface area contributed by atoms with Gasteiger partial charge < -0.3 is 0 Å². The lowest BCUT2D eigenvalue weighted by atomic mass is 10.1. The molecule has 0 radical (unpaired) electrons. The van der Waals surface area contributed by atoms with E-state index in [9.17, 15) is 8.42 Å². The average Bonchev–Trinajstić information content (AvgIpc) is 2.29. The molecule has 0 aliphatic rings. The van der Waals surface area contributed by atoms with E-state index in [2.05, 4.69) is 6.92 Å². The first-order valence-electron chi connectivity index (χ1n) is 5.92. The Morgan fingerprint density at radius 1 is 1.22 bits per heavy atom. The maximum absolute atomic E-state index is 11.3. The van der Waals surface area contributed by atoms with Crippen LogP contribution in [-0.2, 0) is 9.84 Å². The Hall–Kier alpha value is -0.190. The molecule has 0 aromatic heterocycles. The molecule has 0 spiro atoms. The number of hydrogen-bond donors (Lipinski definition) is 0. The predicted octanol–water partition coefficient (Wildman–Crippen LogP) is 3.84. The summed E-state index contributed by atoms with van der Waals surface area (Å²) in [5.74, 6) is 2.40. The van der Waals surface area contributed by atoms with E-state index < -0.39 is 9.84 Å². The predicted molar refractivity (Wildman–Crippen MR) is 79.4 cm³/mol. The van der Waals surface area contributed by atoms with E-state index in [0.29, 0.717) is 10.8 Å². The Morgan fingerprint density at radius 3 is 2.33 bits per heavy atom. The van der Waals surface area contributed by atoms with Crippen molar-refractivity contribution in [2.24, 2.45) is 5.92 Å². The molecule has 0 N–H and O–H groups in total. The smallest absolute Gasteiger partial charge is 0.175 e. The van der Waals surface area contributed by atoms with Crippen molar-refractivity contribution in [1.29, 1.82) is 0 Å². The zero-order valence-electron chi connectivity index (χ0n) is 10.7. The maximum Gasteiger partial charge on any atom is 0.175 e. The fraction of sp³-hybridized carbons (Fsp3) is 0.538. The largest absolute Gasteiger partial charge is 0.224 e. The molecule has 1 rings (SSSR count). The van der Waals surface area contributed by atoms with Crippen LogP contribution in [0.25, 0.3) is 0 Å². The van der Waals surface area contributed by atoms with Gasteiger partial charge in [0.25, 0.3) is 0 Å². The summed E-state index contributed by atoms with van der Waals surface area (Å²) in [7, 11) is -3.08. The van der Waals surface area contributed by atoms with E-state index in [-0.39, 0.29) is 0 Å². The van der Waals surface area contributed by atoms with Crippen LogP contribution >= 0.6 is 23.4 Å². The molecule has 0 amide bonds. The number of rotatable bonds is 7. The van der Waals surface area contributed by atoms with Gasteiger partial charge in [0.2, 0.25) is 0 Å². The van der Waals surface area contributed by atoms with Gasteiger partial charge in [-0.25, -0.2) is 8.42 Å². The van der Waals surface area contributed by atoms with Crippen molar-refractivity contribution in [1.82, 2.24) is 0 Å². The van der Waals surface area contributed by atoms with Crippen molar-refractivity contribution < 1.29 is 8.42 Å². The van der Waals surface area contributed by atoms with E-state index in [1.54, 1.807) is 23.9 Å². The first kappa shape index (κ1) is 15.9. The van der Waals surface area contributed by atoms with Gasteiger partial charge >= 0.3 is 0 Å². The Balaban J connectivity index is 2.45. The van der Waals surface area contributed by atoms with Gasteiger partial charge in [-0.15, -0.1) is 23.4 Å². The third-order valence-corrected chi connectivity index (χ3v) is 5.13. The van der Waals surface area contributed by atoms with Crippen molar-refractivity contribution in [2.75, 3.05) is 17.9 Å². The molecule has 0 saturated heterocycles. The molecule has 0 saturated carbocycles. The van der Waals surface area contributed by atoms with E-state index in [4.69, 9.17) is 11.6 Å². The number of sulfone groups is 1. The normalized spacial score (nSPS) is 13.5. The van der Waals surface area contributed by atoms with Crippen LogP contribution < -0.4 is 0 Å². The molecule has 102 valence electrons. The van der Waals surface area contributed by atoms with Crippen molar-refractivity contribution in [3.05, 3.63) is 24.3 Å². The minimum Gasteiger partial charge on any atom is -0.224 e. The summed E-state index contributed by atoms with van der Waals surface area (Å²) < 4.78 is 22.6. The Kier molecular flexibility index (Phi) is 6.53. The number of benzene rings is 1. The first-order chi connectivity index (χ1) is 8.43. The van der Waals surface area contributed by atoms with E-state index in [0.717, 1.165) is 29.4 Å². The highest BCUT2D eigenvalue weighted by Gasteiger charge is 2.06. The van der Waals surface area contributed by atoms with Crippen molar-refractivity contribution in [2.45, 2.75) is 29.6 Å². The van der Waals surface area contributed by atoms with Crippen LogP contribution in [0.4, 0.5) is 0 Å². The second-order valence-corrected chi connectivity index (χ2v) is 8.03. The molecular weight excluding hydrogens is 288 g/mol. The fourth-order valence-corrected chi connectivity index (χ4v) is 3.58. The van der Waals surface area contributed by atoms with Gasteiger partial charge in [0.15, 0.2) is 9.84 Å². The third kappa shape index (κ3) is 5.63. The van der Waals surface area contributed by atoms with Crippen LogP contribution in [0.15, 0.2) is 34.1 Å². The van der Waals surface area contributed by atoms with Crippen LogP contribution in [0.2, 0.25) is 0 Å². The van der Waals surface area contributed by atoms with Crippen LogP contribution in [0.1, 0.15) is 19.8 Å². The lowest BCUT2D eigenvalue weighted by Gasteiger charge is -2.08. The fourth-order valence-electron chi connectivity index (χ4n) is 1.49. The highest BCUT2D eigenvalue weighted by atomic mass is 35.5. The molecule has 1 unspecified atom stereocenters. The zero-order chi connectivity index (χ0) is 13.6. The molecule has 0 aliphatic heterocycles. The molecule has 1 atom stereocenters. The number of alkyl halides is 1. The van der Waals surface area contributed by atoms with Crippen LogP contribution in [-0.4, -0.2) is 26.3 Å². The monoisotopic (exact) mass is 306 g/mol. The maximum atomic E-state index is 11.3. The van der Waals surface area contributed by atoms with Gasteiger partial charge in [0.05, 0.1) is 4.90 Å². The lowest BCUT2D eigenvalue weighted by Crippen LogP contribution is -1.98. The zero-order valence-corrected chi connectivity index (χ0v) is 13.1. The highest BCUT2D eigenvalue weighted by molar-refractivity contribution is 7.99. The molecular formula is C13H19ClO2S2. The van der Waals surface area contributed by atoms with Crippen molar-refractivity contribution in [3.63, 3.8) is 0 Å². The van der Waals surface area contributed by atoms with Crippen molar-refractivity contribution in [3.8, 4) is 0 Å². The average molecular weight is 307 g/mol. The number of halogens is 1. The Bertz CT molecular complexity index is 454. The summed E-state index contributed by atoms with van der Waals surface area (Å²) in [6.07, 6.45) is 3.41. The van der Waals surface area contributed by atoms with Gasteiger partial charge in [0, 0.05) is 17.0 Å². The quantitative estimate of drug-likeness (QED) is 0.567. The van der Waals surface area contributed by atoms with Crippen molar-refractivity contribution >= 4 is 33.2 Å². The second kappa shape index (κ2) is 7.41. The summed E-state index contributed by atoms with van der Waals surface area (Å²) in [6.45, 7) is 2.20. The minimum atomic E-state index is -3.08. The van der Waals surface area contributed by atoms with Gasteiger partial charge in [-0.05, 0) is 48.8 Å². The van der Waals surface area contributed by atoms with Gasteiger partial charge in [0.1, 0.15) is 0 Å². The first-order valence-corrected chi connectivity index (χ1v) is 9.33. The Morgan fingerprint density at radius 2 is 1.83 bits per heavy atom. The minimum absolute atomic E-state index is 0.377. The van der Waals surface area contributed by atoms with E-state index in [1.165, 1.54) is 6.26 Å². The Labute approximate surface area is 119 Å². The summed E-state index contributed by atoms with van der Waals surface area (Å²) >= 11 is 7.44. The van der Waals surface area contributed by atoms with Gasteiger partial charge in [-0.3, -0.25) is 0 Å². The van der Waals surface area contributed by atoms with Crippen LogP contribution in [0.5, 0.6) is 0 Å². The van der Waals surface area contributed by atoms with Gasteiger partial charge in [-0.1, -0.05) is 6.92 Å². The summed E-state index contributed by atoms with van der Waals surface area (Å²) in [5.41, 5.74) is 0. The molecule has 0 bridgehead atoms.